The number of anilines is 1. The number of hydrogen-bond acceptors (Lipinski definition) is 4. The molecule has 0 aromatic heterocycles. The van der Waals surface area contributed by atoms with E-state index in [1.165, 1.54) is 21.7 Å². The first kappa shape index (κ1) is 19.0. The molecule has 3 aromatic rings. The van der Waals surface area contributed by atoms with E-state index in [0.29, 0.717) is 11.8 Å². The molecule has 4 heteroatoms. The first-order chi connectivity index (χ1) is 14.7. The Bertz CT molecular complexity index is 1090. The summed E-state index contributed by atoms with van der Waals surface area (Å²) in [6.45, 7) is 0. The van der Waals surface area contributed by atoms with Crippen molar-refractivity contribution in [2.75, 3.05) is 5.32 Å². The maximum absolute atomic E-state index is 11.1. The van der Waals surface area contributed by atoms with E-state index in [-0.39, 0.29) is 11.6 Å². The summed E-state index contributed by atoms with van der Waals surface area (Å²) in [7, 11) is 0. The maximum atomic E-state index is 11.1. The number of thioether (sulfide) groups is 1. The number of carbonyl (C=O) groups excluding carboxylic acids is 1. The van der Waals surface area contributed by atoms with E-state index in [4.69, 9.17) is 0 Å². The second-order valence-corrected chi connectivity index (χ2v) is 8.96. The van der Waals surface area contributed by atoms with Gasteiger partial charge >= 0.3 is 0 Å². The third-order valence-corrected chi connectivity index (χ3v) is 7.16. The van der Waals surface area contributed by atoms with Crippen LogP contribution in [0.4, 0.5) is 5.69 Å². The number of nitrogens with one attached hydrogen (secondary N) is 1. The van der Waals surface area contributed by atoms with Crippen LogP contribution in [0.2, 0.25) is 0 Å². The van der Waals surface area contributed by atoms with Crippen LogP contribution >= 0.6 is 11.8 Å². The lowest BCUT2D eigenvalue weighted by atomic mass is 9.76. The van der Waals surface area contributed by atoms with Gasteiger partial charge in [0, 0.05) is 22.3 Å². The summed E-state index contributed by atoms with van der Waals surface area (Å²) in [5, 5.41) is 14.8. The van der Waals surface area contributed by atoms with E-state index < -0.39 is 5.97 Å². The maximum Gasteiger partial charge on any atom is 0.0715 e. The van der Waals surface area contributed by atoms with Crippen molar-refractivity contribution in [3.63, 3.8) is 0 Å². The van der Waals surface area contributed by atoms with Gasteiger partial charge in [0.1, 0.15) is 0 Å². The van der Waals surface area contributed by atoms with E-state index >= 15 is 0 Å². The molecule has 0 saturated heterocycles. The SMILES string of the molecule is O=C([O-])c1ccc([C@@H]2Nc3ccc(CSc4ccccc4)cc3[C@H]3C=CC[C@@H]32)cc1. The molecule has 3 nitrogen and oxygen atoms in total. The van der Waals surface area contributed by atoms with Crippen LogP contribution in [-0.2, 0) is 5.75 Å². The molecule has 1 N–H and O–H groups in total. The van der Waals surface area contributed by atoms with Crippen molar-refractivity contribution < 1.29 is 9.90 Å². The van der Waals surface area contributed by atoms with Gasteiger partial charge in [0.05, 0.1) is 12.0 Å². The highest BCUT2D eigenvalue weighted by Gasteiger charge is 2.37. The normalized spacial score (nSPS) is 21.5. The van der Waals surface area contributed by atoms with Crippen LogP contribution in [-0.4, -0.2) is 5.97 Å². The van der Waals surface area contributed by atoms with Gasteiger partial charge in [0.2, 0.25) is 0 Å². The fourth-order valence-electron chi connectivity index (χ4n) is 4.57. The van der Waals surface area contributed by atoms with E-state index in [2.05, 4.69) is 59.9 Å². The molecule has 0 unspecified atom stereocenters. The van der Waals surface area contributed by atoms with Gasteiger partial charge in [0.25, 0.3) is 0 Å². The average Bonchev–Trinajstić information content (AvgIpc) is 3.28. The van der Waals surface area contributed by atoms with E-state index in [1.54, 1.807) is 12.1 Å². The largest absolute Gasteiger partial charge is 0.545 e. The number of carbonyl (C=O) groups is 1. The van der Waals surface area contributed by atoms with Gasteiger partial charge in [-0.25, -0.2) is 0 Å². The summed E-state index contributed by atoms with van der Waals surface area (Å²) in [6.07, 6.45) is 5.63. The summed E-state index contributed by atoms with van der Waals surface area (Å²) >= 11 is 1.86. The summed E-state index contributed by atoms with van der Waals surface area (Å²) in [5.74, 6) is 0.633. The van der Waals surface area contributed by atoms with Crippen LogP contribution in [0, 0.1) is 5.92 Å². The van der Waals surface area contributed by atoms with Crippen molar-refractivity contribution in [2.24, 2.45) is 5.92 Å². The number of allylic oxidation sites excluding steroid dienone is 2. The minimum absolute atomic E-state index is 0.165. The molecule has 0 spiro atoms. The number of carboxylic acid groups (broad SMARTS) is 1. The van der Waals surface area contributed by atoms with Gasteiger partial charge in [-0.05, 0) is 52.8 Å². The van der Waals surface area contributed by atoms with Gasteiger partial charge in [-0.2, -0.15) is 0 Å². The van der Waals surface area contributed by atoms with E-state index in [0.717, 1.165) is 17.7 Å². The van der Waals surface area contributed by atoms with Crippen LogP contribution in [0.25, 0.3) is 0 Å². The molecule has 1 aliphatic heterocycles. The fourth-order valence-corrected chi connectivity index (χ4v) is 5.44. The summed E-state index contributed by atoms with van der Waals surface area (Å²) in [5.41, 5.74) is 5.21. The van der Waals surface area contributed by atoms with Crippen LogP contribution in [0.3, 0.4) is 0 Å². The minimum atomic E-state index is -1.13. The quantitative estimate of drug-likeness (QED) is 0.464. The minimum Gasteiger partial charge on any atom is -0.545 e. The second kappa shape index (κ2) is 8.04. The lowest BCUT2D eigenvalue weighted by molar-refractivity contribution is -0.255. The predicted octanol–water partition coefficient (Wildman–Crippen LogP) is 5.17. The molecule has 0 radical (unpaired) electrons. The zero-order valence-corrected chi connectivity index (χ0v) is 17.3. The number of rotatable bonds is 5. The number of hydrogen-bond donors (Lipinski definition) is 1. The molecule has 3 aromatic carbocycles. The Morgan fingerprint density at radius 2 is 1.83 bits per heavy atom. The Labute approximate surface area is 180 Å². The number of aromatic carboxylic acids is 1. The third-order valence-electron chi connectivity index (χ3n) is 6.08. The molecule has 0 bridgehead atoms. The highest BCUT2D eigenvalue weighted by Crippen LogP contribution is 2.50. The smallest absolute Gasteiger partial charge is 0.0715 e. The summed E-state index contributed by atoms with van der Waals surface area (Å²) in [4.78, 5) is 12.4. The lowest BCUT2D eigenvalue weighted by Gasteiger charge is -2.38. The highest BCUT2D eigenvalue weighted by atomic mass is 32.2. The van der Waals surface area contributed by atoms with Gasteiger partial charge in [-0.15, -0.1) is 11.8 Å². The van der Waals surface area contributed by atoms with Crippen LogP contribution in [0.5, 0.6) is 0 Å². The molecular weight excluding hydrogens is 390 g/mol. The summed E-state index contributed by atoms with van der Waals surface area (Å²) in [6, 6.07) is 24.5. The third kappa shape index (κ3) is 3.63. The van der Waals surface area contributed by atoms with Crippen LogP contribution in [0.15, 0.2) is 89.8 Å². The van der Waals surface area contributed by atoms with Gasteiger partial charge < -0.3 is 15.2 Å². The Morgan fingerprint density at radius 1 is 1.03 bits per heavy atom. The van der Waals surface area contributed by atoms with Crippen molar-refractivity contribution in [1.82, 2.24) is 0 Å². The molecule has 30 heavy (non-hydrogen) atoms. The Balaban J connectivity index is 1.40. The molecule has 0 amide bonds. The number of carboxylic acids is 1. The van der Waals surface area contributed by atoms with Crippen molar-refractivity contribution in [1.29, 1.82) is 0 Å². The standard InChI is InChI=1S/C26H23NO2S/c28-26(29)19-12-10-18(11-13-19)25-22-8-4-7-21(22)23-15-17(9-14-24(23)27-25)16-30-20-5-2-1-3-6-20/h1-7,9-15,21-22,25,27H,8,16H2,(H,28,29)/p-1/t21-,22-,25-/m0/s1. The predicted molar refractivity (Wildman–Crippen MR) is 120 cm³/mol. The molecule has 150 valence electrons. The van der Waals surface area contributed by atoms with Crippen molar-refractivity contribution >= 4 is 23.4 Å². The molecule has 5 rings (SSSR count). The van der Waals surface area contributed by atoms with E-state index in [1.807, 2.05) is 30.0 Å². The van der Waals surface area contributed by atoms with Crippen molar-refractivity contribution in [3.05, 3.63) is 107 Å². The topological polar surface area (TPSA) is 52.2 Å². The fraction of sp³-hybridized carbons (Fsp3) is 0.192. The van der Waals surface area contributed by atoms with Gasteiger partial charge in [-0.1, -0.05) is 66.7 Å². The Kier molecular flexibility index (Phi) is 5.09. The first-order valence-electron chi connectivity index (χ1n) is 10.2. The van der Waals surface area contributed by atoms with Crippen LogP contribution in [0.1, 0.15) is 45.4 Å². The van der Waals surface area contributed by atoms with Crippen molar-refractivity contribution in [3.8, 4) is 0 Å². The molecule has 1 heterocycles. The van der Waals surface area contributed by atoms with Gasteiger partial charge in [0.15, 0.2) is 0 Å². The van der Waals surface area contributed by atoms with Crippen molar-refractivity contribution in [2.45, 2.75) is 29.0 Å². The zero-order valence-electron chi connectivity index (χ0n) is 16.5. The number of fused-ring (bicyclic) bond motifs is 3. The molecular formula is C26H22NO2S-. The Morgan fingerprint density at radius 3 is 2.60 bits per heavy atom. The monoisotopic (exact) mass is 412 g/mol. The Hall–Kier alpha value is -2.98. The molecule has 3 atom stereocenters. The zero-order chi connectivity index (χ0) is 20.5. The van der Waals surface area contributed by atoms with E-state index in [9.17, 15) is 9.90 Å². The second-order valence-electron chi connectivity index (χ2n) is 7.91. The average molecular weight is 413 g/mol. The molecule has 0 fully saturated rings. The lowest BCUT2D eigenvalue weighted by Crippen LogP contribution is -2.29. The molecule has 2 aliphatic rings. The number of benzene rings is 3. The molecule has 0 saturated carbocycles. The highest BCUT2D eigenvalue weighted by molar-refractivity contribution is 7.98. The summed E-state index contributed by atoms with van der Waals surface area (Å²) < 4.78 is 0. The molecule has 1 aliphatic carbocycles. The first-order valence-corrected chi connectivity index (χ1v) is 11.2. The van der Waals surface area contributed by atoms with Crippen LogP contribution < -0.4 is 10.4 Å². The van der Waals surface area contributed by atoms with Gasteiger partial charge in [-0.3, -0.25) is 0 Å².